The lowest BCUT2D eigenvalue weighted by Crippen LogP contribution is -2.57. The van der Waals surface area contributed by atoms with Gasteiger partial charge in [-0.05, 0) is 94.1 Å². The van der Waals surface area contributed by atoms with Crippen LogP contribution in [0.3, 0.4) is 0 Å². The molecule has 13 heteroatoms. The third-order valence-electron chi connectivity index (χ3n) is 14.7. The first kappa shape index (κ1) is 44.3. The van der Waals surface area contributed by atoms with E-state index in [1.165, 1.54) is 0 Å². The van der Waals surface area contributed by atoms with Crippen molar-refractivity contribution in [1.82, 2.24) is 0 Å². The van der Waals surface area contributed by atoms with Crippen molar-refractivity contribution in [3.8, 4) is 0 Å². The van der Waals surface area contributed by atoms with Gasteiger partial charge in [0.25, 0.3) is 5.79 Å². The maximum absolute atomic E-state index is 11.7. The molecule has 0 aromatic carbocycles. The molecule has 5 N–H and O–H groups in total. The van der Waals surface area contributed by atoms with Gasteiger partial charge < -0.3 is 58.7 Å². The monoisotopic (exact) mass is 818 g/mol. The summed E-state index contributed by atoms with van der Waals surface area (Å²) in [6.45, 7) is 16.7. The first-order valence-electron chi connectivity index (χ1n) is 22.1. The summed E-state index contributed by atoms with van der Waals surface area (Å²) >= 11 is 0. The van der Waals surface area contributed by atoms with Crippen molar-refractivity contribution in [1.29, 1.82) is 0 Å². The van der Waals surface area contributed by atoms with E-state index in [1.54, 1.807) is 6.08 Å². The molecule has 1 aliphatic carbocycles. The minimum atomic E-state index is -2.46. The maximum Gasteiger partial charge on any atom is 0.363 e. The fourth-order valence-electron chi connectivity index (χ4n) is 11.1. The number of hydrogen-bond donors (Lipinski definition) is 5. The van der Waals surface area contributed by atoms with E-state index in [0.717, 1.165) is 57.6 Å². The maximum atomic E-state index is 11.7. The van der Waals surface area contributed by atoms with E-state index in [4.69, 9.17) is 33.2 Å². The molecule has 328 valence electrons. The number of ether oxygens (including phenoxy) is 7. The van der Waals surface area contributed by atoms with Gasteiger partial charge in [-0.15, -0.1) is 0 Å². The van der Waals surface area contributed by atoms with Crippen LogP contribution in [0.1, 0.15) is 125 Å². The molecular weight excluding hydrogens is 748 g/mol. The lowest BCUT2D eigenvalue weighted by Gasteiger charge is -2.51. The van der Waals surface area contributed by atoms with Crippen LogP contribution in [0.2, 0.25) is 0 Å². The number of rotatable bonds is 10. The van der Waals surface area contributed by atoms with Gasteiger partial charge in [0.05, 0.1) is 37.1 Å². The highest BCUT2D eigenvalue weighted by Gasteiger charge is 2.55. The summed E-state index contributed by atoms with van der Waals surface area (Å²) in [6, 6.07) is 0. The molecule has 5 saturated heterocycles. The Bertz CT molecular complexity index is 1550. The molecule has 0 amide bonds. The molecule has 58 heavy (non-hydrogen) atoms. The number of aliphatic hydroxyl groups is 4. The number of aliphatic hydroxyl groups excluding tert-OH is 3. The smallest absolute Gasteiger partial charge is 0.363 e. The van der Waals surface area contributed by atoms with Crippen molar-refractivity contribution < 1.29 is 63.5 Å². The number of carboxylic acid groups (broad SMARTS) is 1. The van der Waals surface area contributed by atoms with Gasteiger partial charge in [-0.25, -0.2) is 4.79 Å². The van der Waals surface area contributed by atoms with Gasteiger partial charge >= 0.3 is 5.97 Å². The molecule has 0 unspecified atom stereocenters. The molecular formula is C45H70O13. The van der Waals surface area contributed by atoms with Crippen LogP contribution in [-0.4, -0.2) is 110 Å². The van der Waals surface area contributed by atoms with Crippen molar-refractivity contribution in [3.63, 3.8) is 0 Å². The number of aliphatic carboxylic acids is 1. The Morgan fingerprint density at radius 2 is 1.79 bits per heavy atom. The van der Waals surface area contributed by atoms with Crippen molar-refractivity contribution in [2.45, 2.75) is 197 Å². The number of hydrogen-bond acceptors (Lipinski definition) is 12. The first-order chi connectivity index (χ1) is 27.3. The van der Waals surface area contributed by atoms with Gasteiger partial charge in [-0.1, -0.05) is 52.0 Å². The molecule has 6 fully saturated rings. The minimum Gasteiger partial charge on any atom is -0.477 e. The summed E-state index contributed by atoms with van der Waals surface area (Å²) < 4.78 is 44.3. The van der Waals surface area contributed by atoms with E-state index in [1.807, 2.05) is 19.9 Å². The van der Waals surface area contributed by atoms with E-state index in [9.17, 15) is 30.3 Å². The van der Waals surface area contributed by atoms with E-state index < -0.39 is 59.8 Å². The highest BCUT2D eigenvalue weighted by atomic mass is 16.8. The number of fused-ring (bicyclic) bond motifs is 1. The largest absolute Gasteiger partial charge is 0.477 e. The molecule has 3 spiro atoms. The van der Waals surface area contributed by atoms with Crippen LogP contribution in [-0.2, 0) is 38.0 Å². The molecule has 0 bridgehead atoms. The third-order valence-corrected chi connectivity index (χ3v) is 14.7. The Labute approximate surface area is 344 Å². The van der Waals surface area contributed by atoms with Gasteiger partial charge in [0.1, 0.15) is 12.2 Å². The van der Waals surface area contributed by atoms with Crippen molar-refractivity contribution >= 4 is 5.97 Å². The predicted molar refractivity (Wildman–Crippen MR) is 212 cm³/mol. The summed E-state index contributed by atoms with van der Waals surface area (Å²) in [5.74, 6) is -6.29. The van der Waals surface area contributed by atoms with Crippen molar-refractivity contribution in [2.75, 3.05) is 6.61 Å². The molecule has 18 atom stereocenters. The quantitative estimate of drug-likeness (QED) is 0.131. The third kappa shape index (κ3) is 8.93. The molecule has 0 radical (unpaired) electrons. The Morgan fingerprint density at radius 3 is 2.53 bits per heavy atom. The van der Waals surface area contributed by atoms with Crippen LogP contribution < -0.4 is 0 Å². The van der Waals surface area contributed by atoms with Crippen LogP contribution in [0.15, 0.2) is 36.0 Å². The molecule has 13 nitrogen and oxygen atoms in total. The van der Waals surface area contributed by atoms with Crippen LogP contribution >= 0.6 is 0 Å². The molecule has 7 rings (SSSR count). The first-order valence-corrected chi connectivity index (χ1v) is 22.1. The summed E-state index contributed by atoms with van der Waals surface area (Å²) in [7, 11) is 0. The Kier molecular flexibility index (Phi) is 13.1. The van der Waals surface area contributed by atoms with Crippen molar-refractivity contribution in [3.05, 3.63) is 36.0 Å². The van der Waals surface area contributed by atoms with E-state index in [2.05, 4.69) is 33.4 Å². The van der Waals surface area contributed by atoms with E-state index >= 15 is 0 Å². The topological polar surface area (TPSA) is 183 Å². The van der Waals surface area contributed by atoms with Gasteiger partial charge in [0.2, 0.25) is 5.79 Å². The zero-order valence-electron chi connectivity index (χ0n) is 35.4. The average Bonchev–Trinajstić information content (AvgIpc) is 3.57. The number of carboxylic acids is 1. The molecule has 1 saturated carbocycles. The second-order valence-electron chi connectivity index (χ2n) is 19.3. The normalized spacial score (nSPS) is 46.1. The summed E-state index contributed by atoms with van der Waals surface area (Å²) in [5, 5.41) is 53.9. The highest BCUT2D eigenvalue weighted by Crippen LogP contribution is 2.51. The van der Waals surface area contributed by atoms with Crippen molar-refractivity contribution in [2.24, 2.45) is 35.5 Å². The fraction of sp³-hybridized carbons (Fsp3) is 0.844. The Hall–Kier alpha value is -1.75. The standard InChI is InChI=1S/C45H70O13/c1-25-21-35(54-45(24-25)36(47)12-13-37(56-45)55-42(7,51)41(49)50)26(2)10-11-32-16-18-43(53-32)17-15-31-23-33(30(6)38(48)40(31)57-43)34(46)22-28(4)39-27(3)14-19-44(58-39)29(5)9-8-20-52-44/h10-11,24,26-29,31-40,46-48,51H,6,8-9,12-23H2,1-5,7H3,(H,49,50)/b11-10+/t26-,27+,28+,29-,31-,32-,33-,34-,35-,36-,37+,38-,39+,40-,42-,43+,44+,45-/m0/s1. The molecule has 7 aliphatic rings. The lowest BCUT2D eigenvalue weighted by atomic mass is 9.68. The second kappa shape index (κ2) is 17.2. The van der Waals surface area contributed by atoms with Crippen LogP contribution in [0.5, 0.6) is 0 Å². The lowest BCUT2D eigenvalue weighted by molar-refractivity contribution is -0.383. The molecule has 0 aromatic rings. The Balaban J connectivity index is 0.922. The average molecular weight is 819 g/mol. The summed E-state index contributed by atoms with van der Waals surface area (Å²) in [4.78, 5) is 11.5. The summed E-state index contributed by atoms with van der Waals surface area (Å²) in [5.41, 5.74) is 1.58. The zero-order valence-corrected chi connectivity index (χ0v) is 35.4. The second-order valence-corrected chi connectivity index (χ2v) is 19.3. The molecule has 0 aromatic heterocycles. The Morgan fingerprint density at radius 1 is 1.03 bits per heavy atom. The van der Waals surface area contributed by atoms with Gasteiger partial charge in [-0.3, -0.25) is 0 Å². The van der Waals surface area contributed by atoms with Crippen LogP contribution in [0.4, 0.5) is 0 Å². The predicted octanol–water partition coefficient (Wildman–Crippen LogP) is 5.87. The van der Waals surface area contributed by atoms with Gasteiger partial charge in [0, 0.05) is 50.4 Å². The number of carbonyl (C=O) groups is 1. The van der Waals surface area contributed by atoms with E-state index in [-0.39, 0.29) is 54.8 Å². The fourth-order valence-corrected chi connectivity index (χ4v) is 11.1. The SMILES string of the molecule is C=C1[C@H](O)[C@H]2O[C@]3(CC[C@H]2C[C@@H]1[C@@H](O)C[C@@H](C)[C@@H]1O[C@@]2(CC[C@H]1C)OCCC[C@@H]2C)CC[C@H](/C=C/[C@H](C)[C@@H]1CC(C)=C[C@@]2(O[C@@H](O[C@](C)(O)C(=O)O)CC[C@@H]2O)O1)O3. The summed E-state index contributed by atoms with van der Waals surface area (Å²) in [6.07, 6.45) is 10.5. The van der Waals surface area contributed by atoms with E-state index in [0.29, 0.717) is 49.5 Å². The zero-order chi connectivity index (χ0) is 41.8. The highest BCUT2D eigenvalue weighted by molar-refractivity contribution is 5.74. The molecule has 6 heterocycles. The van der Waals surface area contributed by atoms with Crippen LogP contribution in [0, 0.1) is 35.5 Å². The van der Waals surface area contributed by atoms with Gasteiger partial charge in [0.15, 0.2) is 17.9 Å². The minimum absolute atomic E-state index is 0.00757. The van der Waals surface area contributed by atoms with Crippen LogP contribution in [0.25, 0.3) is 0 Å². The van der Waals surface area contributed by atoms with Gasteiger partial charge in [-0.2, -0.15) is 0 Å². The molecule has 6 aliphatic heterocycles.